The molecule has 110 valence electrons. The molecule has 1 saturated heterocycles. The van der Waals surface area contributed by atoms with Gasteiger partial charge < -0.3 is 15.3 Å². The smallest absolute Gasteiger partial charge is 0.346 e. The van der Waals surface area contributed by atoms with Gasteiger partial charge in [-0.1, -0.05) is 0 Å². The predicted molar refractivity (Wildman–Crippen MR) is 78.0 cm³/mol. The Labute approximate surface area is 122 Å². The minimum absolute atomic E-state index is 0.195. The molecule has 6 heteroatoms. The molecule has 0 saturated carbocycles. The maximum absolute atomic E-state index is 11.9. The lowest BCUT2D eigenvalue weighted by atomic mass is 10.1. The number of carbonyl (C=O) groups excluding carboxylic acids is 1. The van der Waals surface area contributed by atoms with Crippen molar-refractivity contribution in [2.45, 2.75) is 32.2 Å². The molecule has 2 heterocycles. The van der Waals surface area contributed by atoms with E-state index >= 15 is 0 Å². The van der Waals surface area contributed by atoms with Crippen LogP contribution in [0.3, 0.4) is 0 Å². The summed E-state index contributed by atoms with van der Waals surface area (Å²) in [5, 5.41) is 13.9. The SMILES string of the molecule is O=C(O)c1sccc1CNCCC(=O)N1CCCCC1. The highest BCUT2D eigenvalue weighted by Crippen LogP contribution is 2.16. The molecule has 1 aromatic heterocycles. The normalized spacial score (nSPS) is 15.3. The van der Waals surface area contributed by atoms with Crippen LogP contribution in [0.1, 0.15) is 40.9 Å². The Morgan fingerprint density at radius 2 is 2.05 bits per heavy atom. The first-order valence-corrected chi connectivity index (χ1v) is 7.84. The lowest BCUT2D eigenvalue weighted by Gasteiger charge is -2.26. The number of likely N-dealkylation sites (tertiary alicyclic amines) is 1. The second kappa shape index (κ2) is 7.40. The van der Waals surface area contributed by atoms with Crippen molar-refractivity contribution < 1.29 is 14.7 Å². The van der Waals surface area contributed by atoms with Gasteiger partial charge in [0.1, 0.15) is 4.88 Å². The van der Waals surface area contributed by atoms with Gasteiger partial charge in [-0.25, -0.2) is 4.79 Å². The summed E-state index contributed by atoms with van der Waals surface area (Å²) in [5.41, 5.74) is 0.785. The molecule has 1 fully saturated rings. The number of hydrogen-bond acceptors (Lipinski definition) is 4. The number of amides is 1. The number of piperidine rings is 1. The Kier molecular flexibility index (Phi) is 5.55. The molecule has 1 amide bonds. The van der Waals surface area contributed by atoms with Crippen molar-refractivity contribution in [3.8, 4) is 0 Å². The van der Waals surface area contributed by atoms with Gasteiger partial charge in [0.25, 0.3) is 0 Å². The van der Waals surface area contributed by atoms with Crippen LogP contribution in [-0.4, -0.2) is 41.5 Å². The summed E-state index contributed by atoms with van der Waals surface area (Å²) < 4.78 is 0. The maximum Gasteiger partial charge on any atom is 0.346 e. The number of nitrogens with one attached hydrogen (secondary N) is 1. The van der Waals surface area contributed by atoms with Crippen molar-refractivity contribution >= 4 is 23.2 Å². The van der Waals surface area contributed by atoms with Crippen molar-refractivity contribution in [1.29, 1.82) is 0 Å². The van der Waals surface area contributed by atoms with Gasteiger partial charge in [-0.05, 0) is 36.3 Å². The van der Waals surface area contributed by atoms with E-state index in [-0.39, 0.29) is 5.91 Å². The first kappa shape index (κ1) is 15.0. The minimum atomic E-state index is -0.888. The fourth-order valence-corrected chi connectivity index (χ4v) is 3.14. The van der Waals surface area contributed by atoms with Crippen LogP contribution in [0.2, 0.25) is 0 Å². The maximum atomic E-state index is 11.9. The molecular weight excluding hydrogens is 276 g/mol. The van der Waals surface area contributed by atoms with Crippen LogP contribution >= 0.6 is 11.3 Å². The summed E-state index contributed by atoms with van der Waals surface area (Å²) in [5.74, 6) is -0.692. The number of carboxylic acid groups (broad SMARTS) is 1. The van der Waals surface area contributed by atoms with Crippen LogP contribution in [0.4, 0.5) is 0 Å². The van der Waals surface area contributed by atoms with Crippen molar-refractivity contribution in [1.82, 2.24) is 10.2 Å². The van der Waals surface area contributed by atoms with Gasteiger partial charge in [-0.2, -0.15) is 0 Å². The minimum Gasteiger partial charge on any atom is -0.477 e. The standard InChI is InChI=1S/C14H20N2O3S/c17-12(16-7-2-1-3-8-16)4-6-15-10-11-5-9-20-13(11)14(18)19/h5,9,15H,1-4,6-8,10H2,(H,18,19). The second-order valence-corrected chi connectivity index (χ2v) is 5.86. The van der Waals surface area contributed by atoms with E-state index in [9.17, 15) is 9.59 Å². The molecule has 0 atom stereocenters. The largest absolute Gasteiger partial charge is 0.477 e. The first-order chi connectivity index (χ1) is 9.68. The summed E-state index contributed by atoms with van der Waals surface area (Å²) in [7, 11) is 0. The fraction of sp³-hybridized carbons (Fsp3) is 0.571. The molecule has 20 heavy (non-hydrogen) atoms. The third kappa shape index (κ3) is 4.05. The van der Waals surface area contributed by atoms with Gasteiger partial charge in [-0.15, -0.1) is 11.3 Å². The van der Waals surface area contributed by atoms with E-state index in [4.69, 9.17) is 5.11 Å². The summed E-state index contributed by atoms with van der Waals surface area (Å²) in [6, 6.07) is 1.81. The van der Waals surface area contributed by atoms with Crippen LogP contribution < -0.4 is 5.32 Å². The van der Waals surface area contributed by atoms with Crippen LogP contribution in [0.25, 0.3) is 0 Å². The molecular formula is C14H20N2O3S. The highest BCUT2D eigenvalue weighted by molar-refractivity contribution is 7.12. The van der Waals surface area contributed by atoms with Gasteiger partial charge >= 0.3 is 5.97 Å². The summed E-state index contributed by atoms with van der Waals surface area (Å²) in [4.78, 5) is 25.2. The Hall–Kier alpha value is -1.40. The van der Waals surface area contributed by atoms with E-state index in [2.05, 4.69) is 5.32 Å². The highest BCUT2D eigenvalue weighted by atomic mass is 32.1. The number of aromatic carboxylic acids is 1. The van der Waals surface area contributed by atoms with Gasteiger partial charge in [0.05, 0.1) is 0 Å². The van der Waals surface area contributed by atoms with Gasteiger partial charge in [0, 0.05) is 32.6 Å². The average molecular weight is 296 g/mol. The molecule has 1 aliphatic heterocycles. The summed E-state index contributed by atoms with van der Waals surface area (Å²) >= 11 is 1.23. The Balaban J connectivity index is 1.69. The number of rotatable bonds is 6. The fourth-order valence-electron chi connectivity index (χ4n) is 2.38. The van der Waals surface area contributed by atoms with Gasteiger partial charge in [0.2, 0.25) is 5.91 Å². The van der Waals surface area contributed by atoms with E-state index in [1.165, 1.54) is 17.8 Å². The van der Waals surface area contributed by atoms with Crippen LogP contribution in [0, 0.1) is 0 Å². The Morgan fingerprint density at radius 1 is 1.30 bits per heavy atom. The van der Waals surface area contributed by atoms with E-state index in [0.717, 1.165) is 31.5 Å². The third-order valence-corrected chi connectivity index (χ3v) is 4.43. The van der Waals surface area contributed by atoms with E-state index in [1.807, 2.05) is 11.0 Å². The van der Waals surface area contributed by atoms with E-state index < -0.39 is 5.97 Å². The predicted octanol–water partition coefficient (Wildman–Crippen LogP) is 1.94. The summed E-state index contributed by atoms with van der Waals surface area (Å²) in [6.07, 6.45) is 3.91. The first-order valence-electron chi connectivity index (χ1n) is 6.96. The molecule has 0 aromatic carbocycles. The van der Waals surface area contributed by atoms with Crippen molar-refractivity contribution in [2.24, 2.45) is 0 Å². The van der Waals surface area contributed by atoms with Crippen LogP contribution in [0.5, 0.6) is 0 Å². The molecule has 0 unspecified atom stereocenters. The number of carboxylic acids is 1. The van der Waals surface area contributed by atoms with Gasteiger partial charge in [0.15, 0.2) is 0 Å². The zero-order chi connectivity index (χ0) is 14.4. The highest BCUT2D eigenvalue weighted by Gasteiger charge is 2.16. The average Bonchev–Trinajstić information content (AvgIpc) is 2.93. The van der Waals surface area contributed by atoms with Crippen molar-refractivity contribution in [2.75, 3.05) is 19.6 Å². The van der Waals surface area contributed by atoms with E-state index in [1.54, 1.807) is 5.38 Å². The summed E-state index contributed by atoms with van der Waals surface area (Å²) in [6.45, 7) is 2.85. The van der Waals surface area contributed by atoms with Crippen LogP contribution in [0.15, 0.2) is 11.4 Å². The molecule has 0 spiro atoms. The third-order valence-electron chi connectivity index (χ3n) is 3.48. The number of hydrogen-bond donors (Lipinski definition) is 2. The molecule has 1 aliphatic rings. The monoisotopic (exact) mass is 296 g/mol. The molecule has 5 nitrogen and oxygen atoms in total. The zero-order valence-electron chi connectivity index (χ0n) is 11.4. The van der Waals surface area contributed by atoms with Crippen LogP contribution in [-0.2, 0) is 11.3 Å². The topological polar surface area (TPSA) is 69.6 Å². The Morgan fingerprint density at radius 3 is 2.75 bits per heavy atom. The number of thiophene rings is 1. The molecule has 0 aliphatic carbocycles. The molecule has 0 radical (unpaired) electrons. The second-order valence-electron chi connectivity index (χ2n) is 4.95. The van der Waals surface area contributed by atoms with Crippen molar-refractivity contribution in [3.05, 3.63) is 21.9 Å². The zero-order valence-corrected chi connectivity index (χ0v) is 12.2. The lowest BCUT2D eigenvalue weighted by Crippen LogP contribution is -2.37. The molecule has 1 aromatic rings. The quantitative estimate of drug-likeness (QED) is 0.787. The Bertz CT molecular complexity index is 467. The van der Waals surface area contributed by atoms with E-state index in [0.29, 0.717) is 24.4 Å². The number of nitrogens with zero attached hydrogens (tertiary/aromatic N) is 1. The van der Waals surface area contributed by atoms with Crippen molar-refractivity contribution in [3.63, 3.8) is 0 Å². The number of carbonyl (C=O) groups is 2. The lowest BCUT2D eigenvalue weighted by molar-refractivity contribution is -0.131. The molecule has 0 bridgehead atoms. The van der Waals surface area contributed by atoms with Gasteiger partial charge in [-0.3, -0.25) is 4.79 Å². The molecule has 2 rings (SSSR count). The molecule has 2 N–H and O–H groups in total.